The first-order valence-corrected chi connectivity index (χ1v) is 9.95. The summed E-state index contributed by atoms with van der Waals surface area (Å²) >= 11 is 2.80. The van der Waals surface area contributed by atoms with Crippen LogP contribution in [-0.4, -0.2) is 31.0 Å². The van der Waals surface area contributed by atoms with E-state index in [1.165, 1.54) is 27.8 Å². The van der Waals surface area contributed by atoms with Crippen molar-refractivity contribution in [3.63, 3.8) is 0 Å². The van der Waals surface area contributed by atoms with Gasteiger partial charge in [-0.2, -0.15) is 0 Å². The van der Waals surface area contributed by atoms with Crippen LogP contribution in [0.1, 0.15) is 6.92 Å². The minimum Gasteiger partial charge on any atom is -0.335 e. The zero-order valence-electron chi connectivity index (χ0n) is 14.4. The van der Waals surface area contributed by atoms with Crippen molar-refractivity contribution in [3.05, 3.63) is 54.0 Å². The Hall–Kier alpha value is -2.91. The van der Waals surface area contributed by atoms with Crippen molar-refractivity contribution >= 4 is 45.6 Å². The second-order valence-corrected chi connectivity index (χ2v) is 8.03. The predicted molar refractivity (Wildman–Crippen MR) is 109 cm³/mol. The highest BCUT2D eigenvalue weighted by molar-refractivity contribution is 8.00. The molecular formula is C18H16N6OS2. The van der Waals surface area contributed by atoms with Crippen molar-refractivity contribution < 1.29 is 4.79 Å². The molecule has 0 spiro atoms. The Labute approximate surface area is 163 Å². The van der Waals surface area contributed by atoms with Crippen LogP contribution in [0.2, 0.25) is 0 Å². The number of thioether (sulfide) groups is 1. The molecule has 7 nitrogen and oxygen atoms in total. The third-order valence-corrected chi connectivity index (χ3v) is 5.88. The maximum Gasteiger partial charge on any atom is 0.237 e. The van der Waals surface area contributed by atoms with Crippen LogP contribution in [0.25, 0.3) is 21.6 Å². The minimum atomic E-state index is -0.403. The van der Waals surface area contributed by atoms with E-state index in [1.807, 2.05) is 54.8 Å². The minimum absolute atomic E-state index is 0.142. The van der Waals surface area contributed by atoms with Crippen molar-refractivity contribution in [2.24, 2.45) is 0 Å². The number of hydrogen-bond donors (Lipinski definition) is 2. The number of carbonyl (C=O) groups is 1. The number of nitrogen functional groups attached to an aromatic ring is 1. The maximum absolute atomic E-state index is 12.7. The van der Waals surface area contributed by atoms with Crippen LogP contribution in [0.3, 0.4) is 0 Å². The Morgan fingerprint density at radius 2 is 2.11 bits per heavy atom. The largest absolute Gasteiger partial charge is 0.335 e. The highest BCUT2D eigenvalue weighted by atomic mass is 32.2. The number of hydrogen-bond acceptors (Lipinski definition) is 7. The molecule has 3 aromatic heterocycles. The van der Waals surface area contributed by atoms with Crippen LogP contribution >= 0.6 is 23.1 Å². The molecule has 0 bridgehead atoms. The Kier molecular flexibility index (Phi) is 4.78. The lowest BCUT2D eigenvalue weighted by Gasteiger charge is -2.13. The van der Waals surface area contributed by atoms with Crippen LogP contribution in [0.15, 0.2) is 59.2 Å². The number of benzene rings is 1. The van der Waals surface area contributed by atoms with Gasteiger partial charge in [0.2, 0.25) is 11.1 Å². The first-order valence-electron chi connectivity index (χ1n) is 8.19. The van der Waals surface area contributed by atoms with Crippen molar-refractivity contribution in [2.75, 3.05) is 11.2 Å². The molecule has 0 radical (unpaired) electrons. The summed E-state index contributed by atoms with van der Waals surface area (Å²) < 4.78 is 1.42. The fourth-order valence-corrected chi connectivity index (χ4v) is 4.07. The van der Waals surface area contributed by atoms with E-state index in [2.05, 4.69) is 20.5 Å². The average Bonchev–Trinajstić information content (AvgIpc) is 3.32. The number of nitrogens with two attached hydrogens (primary N) is 1. The van der Waals surface area contributed by atoms with Gasteiger partial charge < -0.3 is 11.2 Å². The molecule has 0 aliphatic heterocycles. The van der Waals surface area contributed by atoms with Gasteiger partial charge >= 0.3 is 0 Å². The fraction of sp³-hybridized carbons (Fsp3) is 0.111. The standard InChI is InChI=1S/C18H16N6OS2/c1-11(27-18-23-22-16(24(18)19)15-8-4-10-26-15)17(25)21-14-7-2-6-13-12(14)5-3-9-20-13/h2-11H,19H2,1H3,(H,21,25). The number of nitrogens with zero attached hydrogens (tertiary/aromatic N) is 4. The normalized spacial score (nSPS) is 12.2. The number of carbonyl (C=O) groups excluding carboxylic acids is 1. The number of rotatable bonds is 5. The number of pyridine rings is 1. The maximum atomic E-state index is 12.7. The molecule has 0 fully saturated rings. The molecule has 1 unspecified atom stereocenters. The molecule has 3 heterocycles. The second kappa shape index (κ2) is 7.37. The van der Waals surface area contributed by atoms with E-state index in [-0.39, 0.29) is 5.91 Å². The molecule has 27 heavy (non-hydrogen) atoms. The smallest absolute Gasteiger partial charge is 0.237 e. The van der Waals surface area contributed by atoms with E-state index >= 15 is 0 Å². The summed E-state index contributed by atoms with van der Waals surface area (Å²) in [6.07, 6.45) is 1.73. The highest BCUT2D eigenvalue weighted by Gasteiger charge is 2.20. The molecule has 0 saturated heterocycles. The fourth-order valence-electron chi connectivity index (χ4n) is 2.59. The van der Waals surface area contributed by atoms with Gasteiger partial charge in [-0.15, -0.1) is 21.5 Å². The van der Waals surface area contributed by atoms with E-state index in [9.17, 15) is 4.79 Å². The van der Waals surface area contributed by atoms with E-state index in [4.69, 9.17) is 5.84 Å². The van der Waals surface area contributed by atoms with Gasteiger partial charge in [-0.05, 0) is 42.6 Å². The summed E-state index contributed by atoms with van der Waals surface area (Å²) in [7, 11) is 0. The van der Waals surface area contributed by atoms with Gasteiger partial charge in [-0.3, -0.25) is 9.78 Å². The number of thiophene rings is 1. The molecule has 0 aliphatic rings. The monoisotopic (exact) mass is 396 g/mol. The summed E-state index contributed by atoms with van der Waals surface area (Å²) in [6.45, 7) is 1.81. The molecule has 136 valence electrons. The predicted octanol–water partition coefficient (Wildman–Crippen LogP) is 3.39. The van der Waals surface area contributed by atoms with Gasteiger partial charge in [0.25, 0.3) is 0 Å². The molecule has 0 saturated carbocycles. The summed E-state index contributed by atoms with van der Waals surface area (Å²) in [5.41, 5.74) is 1.56. The van der Waals surface area contributed by atoms with Gasteiger partial charge in [0.05, 0.1) is 21.3 Å². The molecule has 4 rings (SSSR count). The van der Waals surface area contributed by atoms with Crippen molar-refractivity contribution in [1.82, 2.24) is 19.9 Å². The summed E-state index contributed by atoms with van der Waals surface area (Å²) in [4.78, 5) is 17.9. The van der Waals surface area contributed by atoms with Gasteiger partial charge in [0, 0.05) is 11.6 Å². The molecule has 9 heteroatoms. The first kappa shape index (κ1) is 17.5. The lowest BCUT2D eigenvalue weighted by atomic mass is 10.2. The van der Waals surface area contributed by atoms with Crippen LogP contribution in [0, 0.1) is 0 Å². The highest BCUT2D eigenvalue weighted by Crippen LogP contribution is 2.28. The van der Waals surface area contributed by atoms with Crippen LogP contribution in [0.4, 0.5) is 5.69 Å². The Balaban J connectivity index is 1.50. The molecule has 0 aliphatic carbocycles. The van der Waals surface area contributed by atoms with Crippen LogP contribution < -0.4 is 11.2 Å². The van der Waals surface area contributed by atoms with Crippen molar-refractivity contribution in [1.29, 1.82) is 0 Å². The number of anilines is 1. The van der Waals surface area contributed by atoms with E-state index in [0.717, 1.165) is 21.5 Å². The van der Waals surface area contributed by atoms with Crippen molar-refractivity contribution in [2.45, 2.75) is 17.3 Å². The van der Waals surface area contributed by atoms with E-state index in [0.29, 0.717) is 11.0 Å². The summed E-state index contributed by atoms with van der Waals surface area (Å²) in [5, 5.41) is 14.1. The van der Waals surface area contributed by atoms with Crippen molar-refractivity contribution in [3.8, 4) is 10.7 Å². The third kappa shape index (κ3) is 3.51. The summed E-state index contributed by atoms with van der Waals surface area (Å²) in [5.74, 6) is 6.55. The number of aromatic nitrogens is 4. The third-order valence-electron chi connectivity index (χ3n) is 3.96. The molecule has 1 aromatic carbocycles. The quantitative estimate of drug-likeness (QED) is 0.396. The average molecular weight is 397 g/mol. The second-order valence-electron chi connectivity index (χ2n) is 5.78. The lowest BCUT2D eigenvalue weighted by Crippen LogP contribution is -2.23. The van der Waals surface area contributed by atoms with Crippen LogP contribution in [-0.2, 0) is 4.79 Å². The zero-order valence-corrected chi connectivity index (χ0v) is 16.0. The Morgan fingerprint density at radius 3 is 2.93 bits per heavy atom. The topological polar surface area (TPSA) is 98.7 Å². The SMILES string of the molecule is CC(Sc1nnc(-c2cccs2)n1N)C(=O)Nc1cccc2ncccc12. The Bertz CT molecular complexity index is 1090. The number of fused-ring (bicyclic) bond motifs is 1. The summed E-state index contributed by atoms with van der Waals surface area (Å²) in [6, 6.07) is 13.3. The molecular weight excluding hydrogens is 380 g/mol. The zero-order chi connectivity index (χ0) is 18.8. The van der Waals surface area contributed by atoms with Crippen LogP contribution in [0.5, 0.6) is 0 Å². The molecule has 4 aromatic rings. The molecule has 3 N–H and O–H groups in total. The van der Waals surface area contributed by atoms with Gasteiger partial charge in [0.15, 0.2) is 5.82 Å². The number of nitrogens with one attached hydrogen (secondary N) is 1. The van der Waals surface area contributed by atoms with Gasteiger partial charge in [-0.1, -0.05) is 23.9 Å². The Morgan fingerprint density at radius 1 is 1.22 bits per heavy atom. The van der Waals surface area contributed by atoms with E-state index < -0.39 is 5.25 Å². The number of amides is 1. The van der Waals surface area contributed by atoms with Gasteiger partial charge in [0.1, 0.15) is 0 Å². The van der Waals surface area contributed by atoms with Gasteiger partial charge in [-0.25, -0.2) is 4.68 Å². The van der Waals surface area contributed by atoms with E-state index in [1.54, 1.807) is 6.20 Å². The first-order chi connectivity index (χ1) is 13.1. The molecule has 1 atom stereocenters. The molecule has 1 amide bonds. The lowest BCUT2D eigenvalue weighted by molar-refractivity contribution is -0.115.